The van der Waals surface area contributed by atoms with Crippen LogP contribution in [0.3, 0.4) is 0 Å². The van der Waals surface area contributed by atoms with E-state index < -0.39 is 23.5 Å². The Morgan fingerprint density at radius 2 is 1.90 bits per heavy atom. The number of alkyl halides is 3. The molecule has 4 rings (SSSR count). The predicted molar refractivity (Wildman–Crippen MR) is 107 cm³/mol. The van der Waals surface area contributed by atoms with Crippen molar-refractivity contribution in [2.24, 2.45) is 0 Å². The summed E-state index contributed by atoms with van der Waals surface area (Å²) < 4.78 is 56.7. The number of aromatic nitrogens is 2. The Labute approximate surface area is 180 Å². The molecule has 1 heterocycles. The molecule has 1 aliphatic rings. The number of carboxylic acid groups (broad SMARTS) is 1. The highest BCUT2D eigenvalue weighted by Crippen LogP contribution is 2.37. The molecule has 2 aromatic carbocycles. The zero-order valence-electron chi connectivity index (χ0n) is 16.1. The standard InChI is InChI=1S/C22H17ClF4N2O2/c23-17-6-3-5-16(22(25,26)27)15(17)11-29-19-7-2-1-4-14(19)20(28-29)13-9-8-12(21(30)31)10-18(13)24/h3,5-6,8-10H,1-2,4,7,11H2,(H,30,31). The van der Waals surface area contributed by atoms with Gasteiger partial charge in [-0.3, -0.25) is 4.68 Å². The first-order valence-electron chi connectivity index (χ1n) is 9.63. The first kappa shape index (κ1) is 21.4. The Balaban J connectivity index is 1.83. The molecule has 0 spiro atoms. The highest BCUT2D eigenvalue weighted by atomic mass is 35.5. The zero-order valence-corrected chi connectivity index (χ0v) is 16.9. The largest absolute Gasteiger partial charge is 0.478 e. The molecule has 0 atom stereocenters. The molecule has 3 aromatic rings. The van der Waals surface area contributed by atoms with Crippen LogP contribution in [0.4, 0.5) is 17.6 Å². The fraction of sp³-hybridized carbons (Fsp3) is 0.273. The minimum absolute atomic E-state index is 0.0200. The fourth-order valence-corrected chi connectivity index (χ4v) is 4.23. The first-order chi connectivity index (χ1) is 14.7. The number of rotatable bonds is 4. The molecule has 31 heavy (non-hydrogen) atoms. The summed E-state index contributed by atoms with van der Waals surface area (Å²) in [7, 11) is 0. The lowest BCUT2D eigenvalue weighted by molar-refractivity contribution is -0.138. The number of nitrogens with zero attached hydrogens (tertiary/aromatic N) is 2. The molecule has 0 saturated heterocycles. The van der Waals surface area contributed by atoms with Crippen molar-refractivity contribution in [2.45, 2.75) is 38.4 Å². The number of hydrogen-bond donors (Lipinski definition) is 1. The van der Waals surface area contributed by atoms with E-state index in [0.29, 0.717) is 18.5 Å². The summed E-state index contributed by atoms with van der Waals surface area (Å²) in [6.07, 6.45) is -1.68. The Kier molecular flexibility index (Phi) is 5.51. The molecule has 9 heteroatoms. The van der Waals surface area contributed by atoms with E-state index >= 15 is 0 Å². The maximum atomic E-state index is 14.7. The van der Waals surface area contributed by atoms with Crippen LogP contribution in [-0.2, 0) is 25.6 Å². The van der Waals surface area contributed by atoms with Gasteiger partial charge in [0, 0.05) is 27.4 Å². The van der Waals surface area contributed by atoms with E-state index in [2.05, 4.69) is 5.10 Å². The van der Waals surface area contributed by atoms with Crippen molar-refractivity contribution in [3.05, 3.63) is 75.2 Å². The van der Waals surface area contributed by atoms with E-state index in [9.17, 15) is 22.4 Å². The maximum absolute atomic E-state index is 14.7. The molecule has 4 nitrogen and oxygen atoms in total. The lowest BCUT2D eigenvalue weighted by Crippen LogP contribution is -2.15. The Morgan fingerprint density at radius 1 is 1.16 bits per heavy atom. The van der Waals surface area contributed by atoms with E-state index in [-0.39, 0.29) is 28.3 Å². The molecule has 0 bridgehead atoms. The van der Waals surface area contributed by atoms with E-state index in [1.807, 2.05) is 0 Å². The van der Waals surface area contributed by atoms with E-state index in [1.165, 1.54) is 28.9 Å². The van der Waals surface area contributed by atoms with Gasteiger partial charge in [-0.2, -0.15) is 18.3 Å². The van der Waals surface area contributed by atoms with Crippen molar-refractivity contribution < 1.29 is 27.5 Å². The molecule has 1 aromatic heterocycles. The second kappa shape index (κ2) is 8.00. The van der Waals surface area contributed by atoms with Crippen LogP contribution >= 0.6 is 11.6 Å². The summed E-state index contributed by atoms with van der Waals surface area (Å²) in [4.78, 5) is 11.1. The summed E-state index contributed by atoms with van der Waals surface area (Å²) in [5.74, 6) is -2.00. The average Bonchev–Trinajstić information content (AvgIpc) is 3.07. The second-order valence-electron chi connectivity index (χ2n) is 7.40. The van der Waals surface area contributed by atoms with Gasteiger partial charge in [-0.1, -0.05) is 17.7 Å². The second-order valence-corrected chi connectivity index (χ2v) is 7.81. The molecular weight excluding hydrogens is 436 g/mol. The Bertz CT molecular complexity index is 1170. The topological polar surface area (TPSA) is 55.1 Å². The average molecular weight is 453 g/mol. The van der Waals surface area contributed by atoms with Crippen molar-refractivity contribution in [1.82, 2.24) is 9.78 Å². The van der Waals surface area contributed by atoms with Gasteiger partial charge in [-0.15, -0.1) is 0 Å². The van der Waals surface area contributed by atoms with Crippen molar-refractivity contribution in [2.75, 3.05) is 0 Å². The number of benzene rings is 2. The number of carbonyl (C=O) groups is 1. The van der Waals surface area contributed by atoms with Gasteiger partial charge in [0.25, 0.3) is 0 Å². The normalized spacial score (nSPS) is 13.8. The van der Waals surface area contributed by atoms with Gasteiger partial charge in [0.2, 0.25) is 0 Å². The minimum Gasteiger partial charge on any atom is -0.478 e. The third-order valence-electron chi connectivity index (χ3n) is 5.46. The quantitative estimate of drug-likeness (QED) is 0.495. The molecule has 0 radical (unpaired) electrons. The van der Waals surface area contributed by atoms with Crippen LogP contribution in [0.5, 0.6) is 0 Å². The summed E-state index contributed by atoms with van der Waals surface area (Å²) >= 11 is 6.11. The molecule has 1 aliphatic carbocycles. The molecule has 0 fully saturated rings. The van der Waals surface area contributed by atoms with Crippen molar-refractivity contribution >= 4 is 17.6 Å². The SMILES string of the molecule is O=C(O)c1ccc(-c2nn(Cc3c(Cl)cccc3C(F)(F)F)c3c2CCCC3)c(F)c1. The smallest absolute Gasteiger partial charge is 0.416 e. The van der Waals surface area contributed by atoms with E-state index in [1.54, 1.807) is 0 Å². The van der Waals surface area contributed by atoms with E-state index in [0.717, 1.165) is 36.2 Å². The number of fused-ring (bicyclic) bond motifs is 1. The lowest BCUT2D eigenvalue weighted by atomic mass is 9.93. The first-order valence-corrected chi connectivity index (χ1v) is 10.0. The Morgan fingerprint density at radius 3 is 2.58 bits per heavy atom. The summed E-state index contributed by atoms with van der Waals surface area (Å²) in [6.45, 7) is -0.203. The highest BCUT2D eigenvalue weighted by molar-refractivity contribution is 6.31. The van der Waals surface area contributed by atoms with Gasteiger partial charge in [-0.05, 0) is 56.0 Å². The van der Waals surface area contributed by atoms with Crippen molar-refractivity contribution in [3.8, 4) is 11.3 Å². The van der Waals surface area contributed by atoms with Crippen LogP contribution in [0.15, 0.2) is 36.4 Å². The molecule has 162 valence electrons. The third-order valence-corrected chi connectivity index (χ3v) is 5.81. The van der Waals surface area contributed by atoms with Crippen LogP contribution in [-0.4, -0.2) is 20.9 Å². The van der Waals surface area contributed by atoms with Gasteiger partial charge in [0.1, 0.15) is 5.82 Å². The molecule has 0 unspecified atom stereocenters. The van der Waals surface area contributed by atoms with Crippen LogP contribution in [0, 0.1) is 5.82 Å². The van der Waals surface area contributed by atoms with Gasteiger partial charge < -0.3 is 5.11 Å². The highest BCUT2D eigenvalue weighted by Gasteiger charge is 2.35. The van der Waals surface area contributed by atoms with Crippen LogP contribution < -0.4 is 0 Å². The number of carboxylic acids is 1. The van der Waals surface area contributed by atoms with Crippen LogP contribution in [0.25, 0.3) is 11.3 Å². The van der Waals surface area contributed by atoms with Crippen LogP contribution in [0.2, 0.25) is 5.02 Å². The summed E-state index contributed by atoms with van der Waals surface area (Å²) in [5.41, 5.74) is 0.839. The predicted octanol–water partition coefficient (Wildman–Crippen LogP) is 5.99. The summed E-state index contributed by atoms with van der Waals surface area (Å²) in [5, 5.41) is 13.5. The minimum atomic E-state index is -4.57. The number of halogens is 5. The molecule has 1 N–H and O–H groups in total. The fourth-order valence-electron chi connectivity index (χ4n) is 3.99. The monoisotopic (exact) mass is 452 g/mol. The number of hydrogen-bond acceptors (Lipinski definition) is 2. The number of aromatic carboxylic acids is 1. The third kappa shape index (κ3) is 4.04. The lowest BCUT2D eigenvalue weighted by Gasteiger charge is -2.17. The zero-order chi connectivity index (χ0) is 22.3. The molecular formula is C22H17ClF4N2O2. The van der Waals surface area contributed by atoms with Crippen LogP contribution in [0.1, 0.15) is 45.6 Å². The van der Waals surface area contributed by atoms with Gasteiger partial charge in [0.05, 0.1) is 23.4 Å². The van der Waals surface area contributed by atoms with Crippen molar-refractivity contribution in [3.63, 3.8) is 0 Å². The van der Waals surface area contributed by atoms with Crippen molar-refractivity contribution in [1.29, 1.82) is 0 Å². The molecule has 0 aliphatic heterocycles. The maximum Gasteiger partial charge on any atom is 0.416 e. The van der Waals surface area contributed by atoms with Gasteiger partial charge >= 0.3 is 12.1 Å². The van der Waals surface area contributed by atoms with Gasteiger partial charge in [0.15, 0.2) is 0 Å². The molecule has 0 amide bonds. The van der Waals surface area contributed by atoms with Gasteiger partial charge in [-0.25, -0.2) is 9.18 Å². The summed E-state index contributed by atoms with van der Waals surface area (Å²) in [6, 6.07) is 7.16. The van der Waals surface area contributed by atoms with E-state index in [4.69, 9.17) is 16.7 Å². The Hall–Kier alpha value is -2.87. The molecule has 0 saturated carbocycles.